The number of hydrogen-bond acceptors (Lipinski definition) is 9. The molecule has 0 amide bonds. The molecule has 3 aromatic rings. The van der Waals surface area contributed by atoms with Crippen molar-refractivity contribution in [2.24, 2.45) is 4.99 Å². The van der Waals surface area contributed by atoms with Crippen LogP contribution in [-0.2, 0) is 9.53 Å². The van der Waals surface area contributed by atoms with E-state index in [1.54, 1.807) is 51.3 Å². The van der Waals surface area contributed by atoms with Crippen LogP contribution in [-0.4, -0.2) is 45.6 Å². The van der Waals surface area contributed by atoms with Gasteiger partial charge in [0.05, 0.1) is 56.9 Å². The molecule has 194 valence electrons. The summed E-state index contributed by atoms with van der Waals surface area (Å²) in [6.45, 7) is 3.69. The second-order valence-electron chi connectivity index (χ2n) is 8.03. The molecular formula is C27H28N2O7S. The van der Waals surface area contributed by atoms with Crippen LogP contribution in [0.25, 0.3) is 6.08 Å². The zero-order chi connectivity index (χ0) is 26.7. The van der Waals surface area contributed by atoms with E-state index < -0.39 is 12.0 Å². The first kappa shape index (κ1) is 26.0. The molecular weight excluding hydrogens is 496 g/mol. The minimum atomic E-state index is -0.705. The lowest BCUT2D eigenvalue weighted by atomic mass is 9.96. The van der Waals surface area contributed by atoms with Gasteiger partial charge in [0.15, 0.2) is 16.3 Å². The fraction of sp³-hybridized carbons (Fsp3) is 0.296. The molecule has 37 heavy (non-hydrogen) atoms. The van der Waals surface area contributed by atoms with E-state index in [4.69, 9.17) is 23.7 Å². The van der Waals surface area contributed by atoms with Gasteiger partial charge in [-0.1, -0.05) is 23.5 Å². The van der Waals surface area contributed by atoms with Crippen molar-refractivity contribution < 1.29 is 28.5 Å². The molecule has 2 heterocycles. The summed E-state index contributed by atoms with van der Waals surface area (Å²) in [6.07, 6.45) is 1.74. The maximum atomic E-state index is 13.8. The van der Waals surface area contributed by atoms with E-state index in [2.05, 4.69) is 4.99 Å². The average Bonchev–Trinajstić information content (AvgIpc) is 3.21. The van der Waals surface area contributed by atoms with Crippen LogP contribution in [0.1, 0.15) is 31.0 Å². The van der Waals surface area contributed by atoms with Gasteiger partial charge in [-0.05, 0) is 55.3 Å². The zero-order valence-corrected chi connectivity index (χ0v) is 22.3. The lowest BCUT2D eigenvalue weighted by Gasteiger charge is -2.24. The molecule has 0 saturated heterocycles. The van der Waals surface area contributed by atoms with E-state index >= 15 is 0 Å². The summed E-state index contributed by atoms with van der Waals surface area (Å²) in [5, 5.41) is 0. The molecule has 10 heteroatoms. The number of carbonyl (C=O) groups is 1. The van der Waals surface area contributed by atoms with Crippen molar-refractivity contribution in [3.05, 3.63) is 78.5 Å². The molecule has 0 fully saturated rings. The van der Waals surface area contributed by atoms with E-state index in [9.17, 15) is 9.59 Å². The van der Waals surface area contributed by atoms with E-state index in [-0.39, 0.29) is 12.2 Å². The SMILES string of the molecule is CCOC(=O)C1=C(C)N=c2sc(=Cc3cc(OC)c(OC)c(OC)c3)c(=O)n2C1c1ccc(OC)cc1. The number of nitrogens with zero attached hydrogens (tertiary/aromatic N) is 2. The standard InChI is InChI=1S/C27H28N2O7S/c1-7-36-26(31)22-15(2)28-27-29(23(22)17-8-10-18(32-3)11-9-17)25(30)21(37-27)14-16-12-19(33-4)24(35-6)20(13-16)34-5/h8-14,23H,7H2,1-6H3. The Hall–Kier alpha value is -4.05. The topological polar surface area (TPSA) is 97.6 Å². The monoisotopic (exact) mass is 524 g/mol. The third kappa shape index (κ3) is 4.84. The van der Waals surface area contributed by atoms with Gasteiger partial charge in [-0.25, -0.2) is 9.79 Å². The third-order valence-electron chi connectivity index (χ3n) is 5.93. The third-order valence-corrected chi connectivity index (χ3v) is 6.92. The van der Waals surface area contributed by atoms with Gasteiger partial charge in [-0.3, -0.25) is 9.36 Å². The Kier molecular flexibility index (Phi) is 7.68. The number of allylic oxidation sites excluding steroid dienone is 1. The number of esters is 1. The van der Waals surface area contributed by atoms with Crippen molar-refractivity contribution in [2.75, 3.05) is 35.0 Å². The molecule has 0 saturated carbocycles. The highest BCUT2D eigenvalue weighted by Gasteiger charge is 2.33. The summed E-state index contributed by atoms with van der Waals surface area (Å²) in [6, 6.07) is 10.1. The van der Waals surface area contributed by atoms with Crippen molar-refractivity contribution >= 4 is 23.4 Å². The largest absolute Gasteiger partial charge is 0.497 e. The first-order chi connectivity index (χ1) is 17.9. The number of benzene rings is 2. The molecule has 1 aliphatic heterocycles. The first-order valence-corrected chi connectivity index (χ1v) is 12.3. The lowest BCUT2D eigenvalue weighted by Crippen LogP contribution is -2.39. The molecule has 1 aromatic heterocycles. The lowest BCUT2D eigenvalue weighted by molar-refractivity contribution is -0.139. The molecule has 1 aliphatic rings. The Labute approximate surface area is 217 Å². The summed E-state index contributed by atoms with van der Waals surface area (Å²) >= 11 is 1.23. The van der Waals surface area contributed by atoms with Gasteiger partial charge >= 0.3 is 5.97 Å². The van der Waals surface area contributed by atoms with Crippen LogP contribution >= 0.6 is 11.3 Å². The van der Waals surface area contributed by atoms with E-state index in [1.807, 2.05) is 12.1 Å². The second-order valence-corrected chi connectivity index (χ2v) is 9.04. The normalized spacial score (nSPS) is 15.1. The van der Waals surface area contributed by atoms with Crippen molar-refractivity contribution in [3.63, 3.8) is 0 Å². The predicted octanol–water partition coefficient (Wildman–Crippen LogP) is 2.83. The summed E-state index contributed by atoms with van der Waals surface area (Å²) < 4.78 is 28.9. The van der Waals surface area contributed by atoms with Gasteiger partial charge in [-0.2, -0.15) is 0 Å². The highest BCUT2D eigenvalue weighted by atomic mass is 32.1. The molecule has 0 N–H and O–H groups in total. The van der Waals surface area contributed by atoms with Crippen molar-refractivity contribution in [1.82, 2.24) is 4.57 Å². The maximum Gasteiger partial charge on any atom is 0.338 e. The van der Waals surface area contributed by atoms with Gasteiger partial charge in [0.1, 0.15) is 5.75 Å². The summed E-state index contributed by atoms with van der Waals surface area (Å²) in [5.74, 6) is 1.55. The van der Waals surface area contributed by atoms with E-state index in [1.165, 1.54) is 37.2 Å². The van der Waals surface area contributed by atoms with Crippen LogP contribution < -0.4 is 33.8 Å². The van der Waals surface area contributed by atoms with Crippen molar-refractivity contribution in [2.45, 2.75) is 19.9 Å². The molecule has 4 rings (SSSR count). The number of hydrogen-bond donors (Lipinski definition) is 0. The van der Waals surface area contributed by atoms with Gasteiger partial charge < -0.3 is 23.7 Å². The molecule has 9 nitrogen and oxygen atoms in total. The summed E-state index contributed by atoms with van der Waals surface area (Å²) in [7, 11) is 6.17. The number of ether oxygens (including phenoxy) is 5. The smallest absolute Gasteiger partial charge is 0.338 e. The first-order valence-electron chi connectivity index (χ1n) is 11.5. The maximum absolute atomic E-state index is 13.8. The molecule has 0 aliphatic carbocycles. The van der Waals surface area contributed by atoms with Gasteiger partial charge in [0.2, 0.25) is 5.75 Å². The van der Waals surface area contributed by atoms with E-state index in [0.717, 1.165) is 5.56 Å². The Morgan fingerprint density at radius 1 is 1.03 bits per heavy atom. The van der Waals surface area contributed by atoms with Crippen LogP contribution in [0.5, 0.6) is 23.0 Å². The number of rotatable bonds is 8. The summed E-state index contributed by atoms with van der Waals surface area (Å²) in [5.41, 5.74) is 1.95. The fourth-order valence-corrected chi connectivity index (χ4v) is 5.28. The number of aromatic nitrogens is 1. The minimum absolute atomic E-state index is 0.205. The molecule has 0 spiro atoms. The van der Waals surface area contributed by atoms with Crippen LogP contribution in [0, 0.1) is 0 Å². The van der Waals surface area contributed by atoms with Crippen LogP contribution in [0.15, 0.2) is 57.5 Å². The zero-order valence-electron chi connectivity index (χ0n) is 21.5. The van der Waals surface area contributed by atoms with Gasteiger partial charge in [0.25, 0.3) is 5.56 Å². The Morgan fingerprint density at radius 2 is 1.68 bits per heavy atom. The summed E-state index contributed by atoms with van der Waals surface area (Å²) in [4.78, 5) is 31.9. The molecule has 1 atom stereocenters. The van der Waals surface area contributed by atoms with Crippen LogP contribution in [0.2, 0.25) is 0 Å². The quantitative estimate of drug-likeness (QED) is 0.418. The van der Waals surface area contributed by atoms with E-state index in [0.29, 0.717) is 49.2 Å². The molecule has 1 unspecified atom stereocenters. The highest BCUT2D eigenvalue weighted by molar-refractivity contribution is 7.07. The minimum Gasteiger partial charge on any atom is -0.497 e. The average molecular weight is 525 g/mol. The molecule has 0 bridgehead atoms. The number of carbonyl (C=O) groups excluding carboxylic acids is 1. The van der Waals surface area contributed by atoms with Gasteiger partial charge in [-0.15, -0.1) is 0 Å². The highest BCUT2D eigenvalue weighted by Crippen LogP contribution is 2.38. The number of fused-ring (bicyclic) bond motifs is 1. The Balaban J connectivity index is 1.94. The van der Waals surface area contributed by atoms with Crippen LogP contribution in [0.3, 0.4) is 0 Å². The van der Waals surface area contributed by atoms with Crippen LogP contribution in [0.4, 0.5) is 0 Å². The molecule has 2 aromatic carbocycles. The van der Waals surface area contributed by atoms with Crippen molar-refractivity contribution in [3.8, 4) is 23.0 Å². The Bertz CT molecular complexity index is 1510. The number of methoxy groups -OCH3 is 4. The fourth-order valence-electron chi connectivity index (χ4n) is 4.23. The van der Waals surface area contributed by atoms with Crippen molar-refractivity contribution in [1.29, 1.82) is 0 Å². The molecule has 0 radical (unpaired) electrons. The van der Waals surface area contributed by atoms with Gasteiger partial charge in [0, 0.05) is 0 Å². The number of thiazole rings is 1. The Morgan fingerprint density at radius 3 is 2.22 bits per heavy atom. The second kappa shape index (κ2) is 10.9. The predicted molar refractivity (Wildman–Crippen MR) is 139 cm³/mol.